The Morgan fingerprint density at radius 1 is 1.43 bits per heavy atom. The van der Waals surface area contributed by atoms with Gasteiger partial charge in [0.1, 0.15) is 0 Å². The Morgan fingerprint density at radius 3 is 2.64 bits per heavy atom. The van der Waals surface area contributed by atoms with Crippen molar-refractivity contribution in [3.8, 4) is 0 Å². The lowest BCUT2D eigenvalue weighted by Gasteiger charge is -2.26. The Labute approximate surface area is 89.6 Å². The molecule has 0 atom stereocenters. The summed E-state index contributed by atoms with van der Waals surface area (Å²) in [7, 11) is 0. The SMILES string of the molecule is CSCCC(=O)NC1CCC(O)CC1. The second-order valence-corrected chi connectivity index (χ2v) is 4.80. The van der Waals surface area contributed by atoms with Gasteiger partial charge in [0.25, 0.3) is 0 Å². The van der Waals surface area contributed by atoms with Crippen molar-refractivity contribution in [2.24, 2.45) is 0 Å². The van der Waals surface area contributed by atoms with Crippen molar-refractivity contribution in [3.63, 3.8) is 0 Å². The third-order valence-corrected chi connectivity index (χ3v) is 3.21. The Morgan fingerprint density at radius 2 is 2.07 bits per heavy atom. The highest BCUT2D eigenvalue weighted by atomic mass is 32.2. The van der Waals surface area contributed by atoms with Gasteiger partial charge < -0.3 is 10.4 Å². The van der Waals surface area contributed by atoms with Crippen molar-refractivity contribution in [1.29, 1.82) is 0 Å². The van der Waals surface area contributed by atoms with Gasteiger partial charge in [0.15, 0.2) is 0 Å². The van der Waals surface area contributed by atoms with Gasteiger partial charge in [0.05, 0.1) is 6.10 Å². The quantitative estimate of drug-likeness (QED) is 0.743. The lowest BCUT2D eigenvalue weighted by atomic mass is 9.93. The Kier molecular flexibility index (Phi) is 5.33. The molecule has 1 aliphatic carbocycles. The first kappa shape index (κ1) is 11.9. The smallest absolute Gasteiger partial charge is 0.221 e. The van der Waals surface area contributed by atoms with E-state index in [0.717, 1.165) is 31.4 Å². The number of amides is 1. The van der Waals surface area contributed by atoms with E-state index < -0.39 is 0 Å². The lowest BCUT2D eigenvalue weighted by molar-refractivity contribution is -0.121. The Bertz CT molecular complexity index is 179. The van der Waals surface area contributed by atoms with E-state index in [0.29, 0.717) is 12.5 Å². The summed E-state index contributed by atoms with van der Waals surface area (Å²) in [6.07, 6.45) is 5.97. The topological polar surface area (TPSA) is 49.3 Å². The van der Waals surface area contributed by atoms with E-state index >= 15 is 0 Å². The number of carbonyl (C=O) groups is 1. The molecule has 1 rings (SSSR count). The maximum atomic E-state index is 11.4. The van der Waals surface area contributed by atoms with Gasteiger partial charge in [0, 0.05) is 18.2 Å². The normalized spacial score (nSPS) is 27.3. The van der Waals surface area contributed by atoms with Crippen LogP contribution in [0.5, 0.6) is 0 Å². The summed E-state index contributed by atoms with van der Waals surface area (Å²) in [6, 6.07) is 0.299. The molecule has 0 bridgehead atoms. The molecule has 1 saturated carbocycles. The predicted molar refractivity (Wildman–Crippen MR) is 59.4 cm³/mol. The van der Waals surface area contributed by atoms with Crippen LogP contribution in [0.15, 0.2) is 0 Å². The van der Waals surface area contributed by atoms with Gasteiger partial charge in [-0.3, -0.25) is 4.79 Å². The minimum atomic E-state index is -0.144. The van der Waals surface area contributed by atoms with Crippen molar-refractivity contribution >= 4 is 17.7 Å². The molecule has 0 saturated heterocycles. The monoisotopic (exact) mass is 217 g/mol. The number of rotatable bonds is 4. The average Bonchev–Trinajstić information content (AvgIpc) is 2.18. The fourth-order valence-corrected chi connectivity index (χ4v) is 2.10. The zero-order chi connectivity index (χ0) is 10.4. The Hall–Kier alpha value is -0.220. The summed E-state index contributed by atoms with van der Waals surface area (Å²) in [5.41, 5.74) is 0. The first-order valence-corrected chi connectivity index (χ1v) is 6.58. The molecule has 0 aliphatic heterocycles. The van der Waals surface area contributed by atoms with E-state index in [1.807, 2.05) is 6.26 Å². The highest BCUT2D eigenvalue weighted by Gasteiger charge is 2.20. The van der Waals surface area contributed by atoms with Gasteiger partial charge >= 0.3 is 0 Å². The van der Waals surface area contributed by atoms with Gasteiger partial charge in [-0.1, -0.05) is 0 Å². The van der Waals surface area contributed by atoms with Crippen molar-refractivity contribution in [3.05, 3.63) is 0 Å². The molecule has 3 nitrogen and oxygen atoms in total. The second-order valence-electron chi connectivity index (χ2n) is 3.82. The van der Waals surface area contributed by atoms with Gasteiger partial charge in [0.2, 0.25) is 5.91 Å². The molecule has 2 N–H and O–H groups in total. The average molecular weight is 217 g/mol. The van der Waals surface area contributed by atoms with Crippen LogP contribution < -0.4 is 5.32 Å². The minimum Gasteiger partial charge on any atom is -0.393 e. The standard InChI is InChI=1S/C10H19NO2S/c1-14-7-6-10(13)11-8-2-4-9(12)5-3-8/h8-9,12H,2-7H2,1H3,(H,11,13). The molecule has 0 aromatic carbocycles. The summed E-state index contributed by atoms with van der Waals surface area (Å²) in [4.78, 5) is 11.4. The Balaban J connectivity index is 2.14. The number of aliphatic hydroxyl groups excluding tert-OH is 1. The van der Waals surface area contributed by atoms with Gasteiger partial charge in [-0.15, -0.1) is 0 Å². The van der Waals surface area contributed by atoms with Crippen LogP contribution >= 0.6 is 11.8 Å². The molecule has 1 fully saturated rings. The summed E-state index contributed by atoms with van der Waals surface area (Å²) in [5, 5.41) is 12.3. The molecule has 0 unspecified atom stereocenters. The highest BCUT2D eigenvalue weighted by Crippen LogP contribution is 2.18. The van der Waals surface area contributed by atoms with E-state index in [2.05, 4.69) is 5.32 Å². The van der Waals surface area contributed by atoms with Crippen LogP contribution in [-0.4, -0.2) is 35.2 Å². The van der Waals surface area contributed by atoms with Crippen LogP contribution in [0, 0.1) is 0 Å². The molecule has 0 spiro atoms. The van der Waals surface area contributed by atoms with Crippen molar-refractivity contribution in [1.82, 2.24) is 5.32 Å². The van der Waals surface area contributed by atoms with E-state index in [9.17, 15) is 9.90 Å². The van der Waals surface area contributed by atoms with Gasteiger partial charge in [-0.2, -0.15) is 11.8 Å². The molecule has 1 aliphatic rings. The zero-order valence-electron chi connectivity index (χ0n) is 8.66. The number of hydrogen-bond donors (Lipinski definition) is 2. The third-order valence-electron chi connectivity index (χ3n) is 2.60. The second kappa shape index (κ2) is 6.30. The number of nitrogens with one attached hydrogen (secondary N) is 1. The van der Waals surface area contributed by atoms with Crippen LogP contribution in [0.1, 0.15) is 32.1 Å². The number of carbonyl (C=O) groups excluding carboxylic acids is 1. The summed E-state index contributed by atoms with van der Waals surface area (Å²) < 4.78 is 0. The first-order valence-electron chi connectivity index (χ1n) is 5.18. The summed E-state index contributed by atoms with van der Waals surface area (Å²) in [5.74, 6) is 1.04. The fourth-order valence-electron chi connectivity index (χ4n) is 1.71. The molecule has 14 heavy (non-hydrogen) atoms. The van der Waals surface area contributed by atoms with Crippen LogP contribution in [0.25, 0.3) is 0 Å². The van der Waals surface area contributed by atoms with E-state index in [1.165, 1.54) is 0 Å². The van der Waals surface area contributed by atoms with E-state index in [-0.39, 0.29) is 12.0 Å². The molecular formula is C10H19NO2S. The molecule has 4 heteroatoms. The number of hydrogen-bond acceptors (Lipinski definition) is 3. The van der Waals surface area contributed by atoms with E-state index in [1.54, 1.807) is 11.8 Å². The molecule has 0 heterocycles. The van der Waals surface area contributed by atoms with Crippen LogP contribution in [0.4, 0.5) is 0 Å². The molecule has 0 aromatic rings. The van der Waals surface area contributed by atoms with Crippen molar-refractivity contribution in [2.75, 3.05) is 12.0 Å². The molecule has 0 radical (unpaired) electrons. The van der Waals surface area contributed by atoms with Crippen LogP contribution in [0.3, 0.4) is 0 Å². The maximum Gasteiger partial charge on any atom is 0.221 e. The highest BCUT2D eigenvalue weighted by molar-refractivity contribution is 7.98. The molecule has 82 valence electrons. The molecular weight excluding hydrogens is 198 g/mol. The van der Waals surface area contributed by atoms with Crippen LogP contribution in [-0.2, 0) is 4.79 Å². The van der Waals surface area contributed by atoms with Crippen molar-refractivity contribution in [2.45, 2.75) is 44.2 Å². The van der Waals surface area contributed by atoms with Crippen LogP contribution in [0.2, 0.25) is 0 Å². The van der Waals surface area contributed by atoms with Crippen molar-refractivity contribution < 1.29 is 9.90 Å². The number of thioether (sulfide) groups is 1. The molecule has 0 aromatic heterocycles. The largest absolute Gasteiger partial charge is 0.393 e. The number of aliphatic hydroxyl groups is 1. The van der Waals surface area contributed by atoms with Gasteiger partial charge in [-0.05, 0) is 31.9 Å². The lowest BCUT2D eigenvalue weighted by Crippen LogP contribution is -2.38. The molecule has 1 amide bonds. The van der Waals surface area contributed by atoms with E-state index in [4.69, 9.17) is 0 Å². The third kappa shape index (κ3) is 4.33. The minimum absolute atomic E-state index is 0.144. The zero-order valence-corrected chi connectivity index (χ0v) is 9.48. The predicted octanol–water partition coefficient (Wildman–Crippen LogP) is 1.16. The first-order chi connectivity index (χ1) is 6.72. The summed E-state index contributed by atoms with van der Waals surface area (Å²) in [6.45, 7) is 0. The van der Waals surface area contributed by atoms with Gasteiger partial charge in [-0.25, -0.2) is 0 Å². The maximum absolute atomic E-state index is 11.4. The fraction of sp³-hybridized carbons (Fsp3) is 0.900. The summed E-state index contributed by atoms with van der Waals surface area (Å²) >= 11 is 1.69.